The van der Waals surface area contributed by atoms with Crippen LogP contribution in [0, 0.1) is 20.9 Å². The average Bonchev–Trinajstić information content (AvgIpc) is 3.19. The van der Waals surface area contributed by atoms with E-state index in [9.17, 15) is 0 Å². The van der Waals surface area contributed by atoms with Gasteiger partial charge in [-0.1, -0.05) is 61.0 Å². The van der Waals surface area contributed by atoms with Gasteiger partial charge in [0.1, 0.15) is 0 Å². The van der Waals surface area contributed by atoms with Crippen molar-refractivity contribution < 1.29 is 26.2 Å². The van der Waals surface area contributed by atoms with Crippen LogP contribution in [0.15, 0.2) is 103 Å². The van der Waals surface area contributed by atoms with Gasteiger partial charge in [-0.3, -0.25) is 0 Å². The van der Waals surface area contributed by atoms with Crippen LogP contribution >= 0.6 is 0 Å². The molecule has 0 heterocycles. The summed E-state index contributed by atoms with van der Waals surface area (Å²) < 4.78 is 0. The molecule has 0 aliphatic rings. The van der Waals surface area contributed by atoms with Gasteiger partial charge in [0.2, 0.25) is 0 Å². The molecule has 0 saturated carbocycles. The van der Waals surface area contributed by atoms with Gasteiger partial charge in [0.25, 0.3) is 0 Å². The minimum Gasteiger partial charge on any atom is -0.358 e. The van der Waals surface area contributed by atoms with E-state index in [1.807, 2.05) is 30.3 Å². The summed E-state index contributed by atoms with van der Waals surface area (Å²) in [5, 5.41) is 5.34. The Morgan fingerprint density at radius 3 is 1.97 bits per heavy atom. The van der Waals surface area contributed by atoms with Gasteiger partial charge < -0.3 is 14.9 Å². The van der Waals surface area contributed by atoms with Crippen molar-refractivity contribution in [2.24, 2.45) is 0 Å². The summed E-state index contributed by atoms with van der Waals surface area (Å²) in [4.78, 5) is 0. The maximum Gasteiger partial charge on any atom is 4.00 e. The molecule has 0 amide bonds. The van der Waals surface area contributed by atoms with Gasteiger partial charge in [-0.2, -0.15) is 42.5 Å². The molecular formula is C29H28Zr. The minimum absolute atomic E-state index is 0. The quantitative estimate of drug-likeness (QED) is 0.229. The number of hydrogen-bond acceptors (Lipinski definition) is 0. The molecule has 1 heteroatoms. The van der Waals surface area contributed by atoms with Crippen molar-refractivity contribution in [1.29, 1.82) is 0 Å². The Morgan fingerprint density at radius 2 is 1.33 bits per heavy atom. The molecule has 0 spiro atoms. The van der Waals surface area contributed by atoms with E-state index in [0.29, 0.717) is 0 Å². The maximum absolute atomic E-state index is 2.89. The molecule has 0 aromatic heterocycles. The molecular weight excluding hydrogens is 440 g/mol. The number of hydrogen-bond donors (Lipinski definition) is 0. The summed E-state index contributed by atoms with van der Waals surface area (Å²) in [7, 11) is 0. The Hall–Kier alpha value is -2.37. The van der Waals surface area contributed by atoms with Crippen LogP contribution in [0.3, 0.4) is 0 Å². The predicted octanol–water partition coefficient (Wildman–Crippen LogP) is 8.33. The second-order valence-electron chi connectivity index (χ2n) is 6.63. The van der Waals surface area contributed by atoms with Crippen LogP contribution in [0.25, 0.3) is 32.7 Å². The van der Waals surface area contributed by atoms with Crippen molar-refractivity contribution in [3.05, 3.63) is 130 Å². The van der Waals surface area contributed by atoms with E-state index in [4.69, 9.17) is 0 Å². The summed E-state index contributed by atoms with van der Waals surface area (Å²) in [5.41, 5.74) is 4.08. The molecule has 0 aliphatic heterocycles. The summed E-state index contributed by atoms with van der Waals surface area (Å²) in [6, 6.07) is 39.0. The zero-order valence-corrected chi connectivity index (χ0v) is 20.5. The predicted molar refractivity (Wildman–Crippen MR) is 130 cm³/mol. The zero-order chi connectivity index (χ0) is 18.5. The fourth-order valence-electron chi connectivity index (χ4n) is 3.54. The largest absolute Gasteiger partial charge is 4.00 e. The monoisotopic (exact) mass is 466 g/mol. The first-order chi connectivity index (χ1) is 13.4. The van der Waals surface area contributed by atoms with Crippen molar-refractivity contribution >= 4 is 21.5 Å². The Labute approximate surface area is 201 Å². The zero-order valence-electron chi connectivity index (χ0n) is 18.0. The molecule has 0 atom stereocenters. The van der Waals surface area contributed by atoms with Crippen molar-refractivity contribution in [1.82, 2.24) is 0 Å². The molecule has 5 aromatic rings. The standard InChI is InChI=1S/C21H17.C6H5.2CH3.Zr/c1-2-15-13-17-9-6-12-20(21(17)14-15)19-11-5-8-16-7-3-4-10-18(16)19;1-2-4-6-5-3-1;;;/h3-14H,2H2,1H3;1-5H;2*1H3;/q4*-1;+4. The topological polar surface area (TPSA) is 0 Å². The third-order valence-corrected chi connectivity index (χ3v) is 4.91. The molecule has 0 bridgehead atoms. The summed E-state index contributed by atoms with van der Waals surface area (Å²) in [6.07, 6.45) is 1.09. The van der Waals surface area contributed by atoms with E-state index in [0.717, 1.165) is 6.42 Å². The fraction of sp³-hybridized carbons (Fsp3) is 0.0690. The van der Waals surface area contributed by atoms with Crippen LogP contribution in [0.4, 0.5) is 0 Å². The Bertz CT molecular complexity index is 1120. The van der Waals surface area contributed by atoms with Gasteiger partial charge in [-0.15, -0.1) is 34.5 Å². The number of benzene rings is 4. The molecule has 0 radical (unpaired) electrons. The van der Waals surface area contributed by atoms with Crippen LogP contribution in [-0.4, -0.2) is 0 Å². The SMILES string of the molecule is CCc1cc2c(-c3cccc4ccccc34)cccc2[cH-]1.[CH3-].[CH3-].[Zr+4].[c-]1ccccc1. The van der Waals surface area contributed by atoms with E-state index in [1.165, 1.54) is 38.2 Å². The molecule has 0 nitrogen and oxygen atoms in total. The van der Waals surface area contributed by atoms with Gasteiger partial charge in [0, 0.05) is 0 Å². The number of fused-ring (bicyclic) bond motifs is 2. The third-order valence-electron chi connectivity index (χ3n) is 4.91. The van der Waals surface area contributed by atoms with E-state index in [1.54, 1.807) is 0 Å². The fourth-order valence-corrected chi connectivity index (χ4v) is 3.54. The average molecular weight is 468 g/mol. The molecule has 0 unspecified atom stereocenters. The molecule has 0 fully saturated rings. The van der Waals surface area contributed by atoms with E-state index >= 15 is 0 Å². The summed E-state index contributed by atoms with van der Waals surface area (Å²) >= 11 is 0. The van der Waals surface area contributed by atoms with Crippen molar-refractivity contribution in [3.8, 4) is 11.1 Å². The van der Waals surface area contributed by atoms with Crippen LogP contribution in [0.5, 0.6) is 0 Å². The number of rotatable bonds is 2. The van der Waals surface area contributed by atoms with Gasteiger partial charge in [-0.05, 0) is 22.8 Å². The maximum atomic E-state index is 2.89. The van der Waals surface area contributed by atoms with Gasteiger partial charge >= 0.3 is 26.2 Å². The third kappa shape index (κ3) is 5.61. The second kappa shape index (κ2) is 12.4. The first kappa shape index (κ1) is 25.7. The number of aryl methyl sites for hydroxylation is 1. The van der Waals surface area contributed by atoms with E-state index < -0.39 is 0 Å². The van der Waals surface area contributed by atoms with Crippen molar-refractivity contribution in [2.75, 3.05) is 0 Å². The van der Waals surface area contributed by atoms with E-state index in [2.05, 4.69) is 85.8 Å². The van der Waals surface area contributed by atoms with Crippen LogP contribution in [0.2, 0.25) is 0 Å². The van der Waals surface area contributed by atoms with Gasteiger partial charge in [0.15, 0.2) is 0 Å². The van der Waals surface area contributed by atoms with Crippen LogP contribution < -0.4 is 0 Å². The first-order valence-electron chi connectivity index (χ1n) is 9.44. The summed E-state index contributed by atoms with van der Waals surface area (Å²) in [5.74, 6) is 0. The molecule has 30 heavy (non-hydrogen) atoms. The van der Waals surface area contributed by atoms with Crippen molar-refractivity contribution in [2.45, 2.75) is 13.3 Å². The second-order valence-corrected chi connectivity index (χ2v) is 6.63. The molecule has 0 aliphatic carbocycles. The Kier molecular flexibility index (Phi) is 10.6. The molecule has 0 saturated heterocycles. The van der Waals surface area contributed by atoms with Gasteiger partial charge in [0.05, 0.1) is 0 Å². The van der Waals surface area contributed by atoms with Crippen LogP contribution in [0.1, 0.15) is 12.5 Å². The Balaban J connectivity index is 0.000000437. The molecule has 0 N–H and O–H groups in total. The normalized spacial score (nSPS) is 9.50. The Morgan fingerprint density at radius 1 is 0.700 bits per heavy atom. The smallest absolute Gasteiger partial charge is 0.358 e. The molecule has 5 rings (SSSR count). The van der Waals surface area contributed by atoms with Crippen LogP contribution in [-0.2, 0) is 32.6 Å². The molecule has 148 valence electrons. The van der Waals surface area contributed by atoms with E-state index in [-0.39, 0.29) is 41.1 Å². The molecule has 5 aromatic carbocycles. The summed E-state index contributed by atoms with van der Waals surface area (Å²) in [6.45, 7) is 2.21. The minimum atomic E-state index is 0. The first-order valence-corrected chi connectivity index (χ1v) is 9.44. The van der Waals surface area contributed by atoms with Gasteiger partial charge in [-0.25, -0.2) is 0 Å². The van der Waals surface area contributed by atoms with Crippen molar-refractivity contribution in [3.63, 3.8) is 0 Å².